The van der Waals surface area contributed by atoms with E-state index in [1.165, 1.54) is 18.2 Å². The second-order valence-electron chi connectivity index (χ2n) is 5.64. The third-order valence-electron chi connectivity index (χ3n) is 3.76. The van der Waals surface area contributed by atoms with Crippen molar-refractivity contribution in [1.29, 1.82) is 0 Å². The van der Waals surface area contributed by atoms with Gasteiger partial charge in [0.25, 0.3) is 0 Å². The van der Waals surface area contributed by atoms with Gasteiger partial charge in [-0.05, 0) is 31.0 Å². The normalized spacial score (nSPS) is 16.6. The minimum atomic E-state index is -0.605. The molecule has 0 bridgehead atoms. The average molecular weight is 364 g/mol. The second-order valence-corrected chi connectivity index (χ2v) is 5.64. The number of rotatable bonds is 7. The van der Waals surface area contributed by atoms with Crippen molar-refractivity contribution in [2.75, 3.05) is 13.2 Å². The Morgan fingerprint density at radius 3 is 2.65 bits per heavy atom. The van der Waals surface area contributed by atoms with E-state index in [9.17, 15) is 18.8 Å². The van der Waals surface area contributed by atoms with E-state index in [0.29, 0.717) is 12.0 Å². The van der Waals surface area contributed by atoms with E-state index in [1.807, 2.05) is 6.92 Å². The van der Waals surface area contributed by atoms with Crippen molar-refractivity contribution >= 4 is 18.0 Å². The molecule has 8 heteroatoms. The zero-order chi connectivity index (χ0) is 19.1. The number of hydrogen-bond donors (Lipinski definition) is 2. The molecule has 1 aliphatic rings. The summed E-state index contributed by atoms with van der Waals surface area (Å²) in [5, 5.41) is 5.12. The lowest BCUT2D eigenvalue weighted by Crippen LogP contribution is -2.51. The molecule has 1 aromatic rings. The number of nitrogens with one attached hydrogen (secondary N) is 2. The number of ether oxygens (including phenoxy) is 2. The molecule has 1 aliphatic heterocycles. The van der Waals surface area contributed by atoms with Gasteiger partial charge in [-0.1, -0.05) is 19.1 Å². The summed E-state index contributed by atoms with van der Waals surface area (Å²) in [6.07, 6.45) is 0.353. The molecular formula is C18H21FN2O5. The Hall–Kier alpha value is -2.90. The van der Waals surface area contributed by atoms with E-state index in [2.05, 4.69) is 10.6 Å². The molecule has 1 aromatic carbocycles. The third kappa shape index (κ3) is 5.05. The van der Waals surface area contributed by atoms with Gasteiger partial charge in [-0.25, -0.2) is 14.0 Å². The van der Waals surface area contributed by atoms with Gasteiger partial charge in [0.1, 0.15) is 12.4 Å². The Morgan fingerprint density at radius 2 is 2.00 bits per heavy atom. The van der Waals surface area contributed by atoms with Gasteiger partial charge < -0.3 is 20.1 Å². The van der Waals surface area contributed by atoms with Crippen molar-refractivity contribution in [3.05, 3.63) is 46.9 Å². The predicted molar refractivity (Wildman–Crippen MR) is 90.5 cm³/mol. The van der Waals surface area contributed by atoms with Crippen molar-refractivity contribution in [1.82, 2.24) is 10.6 Å². The van der Waals surface area contributed by atoms with Crippen LogP contribution in [-0.2, 0) is 25.5 Å². The van der Waals surface area contributed by atoms with Crippen molar-refractivity contribution in [3.8, 4) is 0 Å². The second kappa shape index (κ2) is 8.98. The maximum absolute atomic E-state index is 13.2. The van der Waals surface area contributed by atoms with E-state index in [1.54, 1.807) is 13.0 Å². The maximum atomic E-state index is 13.2. The molecule has 1 atom stereocenters. The van der Waals surface area contributed by atoms with Crippen LogP contribution in [0.1, 0.15) is 25.8 Å². The molecule has 140 valence electrons. The maximum Gasteiger partial charge on any atom is 0.338 e. The first-order valence-electron chi connectivity index (χ1n) is 8.32. The van der Waals surface area contributed by atoms with E-state index in [0.717, 1.165) is 0 Å². The number of benzene rings is 1. The van der Waals surface area contributed by atoms with Crippen LogP contribution in [-0.4, -0.2) is 37.2 Å². The lowest BCUT2D eigenvalue weighted by molar-refractivity contribution is -0.143. The molecule has 0 aromatic heterocycles. The Morgan fingerprint density at radius 1 is 1.23 bits per heavy atom. The Balaban J connectivity index is 2.10. The number of esters is 2. The summed E-state index contributed by atoms with van der Waals surface area (Å²) < 4.78 is 23.3. The van der Waals surface area contributed by atoms with Gasteiger partial charge >= 0.3 is 18.0 Å². The van der Waals surface area contributed by atoms with Crippen LogP contribution in [0.5, 0.6) is 0 Å². The van der Waals surface area contributed by atoms with Crippen molar-refractivity contribution < 1.29 is 28.2 Å². The summed E-state index contributed by atoms with van der Waals surface area (Å²) in [5.41, 5.74) is 0.884. The fourth-order valence-corrected chi connectivity index (χ4v) is 2.59. The fraction of sp³-hybridized carbons (Fsp3) is 0.389. The predicted octanol–water partition coefficient (Wildman–Crippen LogP) is 1.82. The summed E-state index contributed by atoms with van der Waals surface area (Å²) in [7, 11) is 0. The van der Waals surface area contributed by atoms with Crippen LogP contribution in [0, 0.1) is 5.82 Å². The highest BCUT2D eigenvalue weighted by Crippen LogP contribution is 2.17. The molecule has 1 unspecified atom stereocenters. The first-order chi connectivity index (χ1) is 12.4. The molecule has 2 rings (SSSR count). The van der Waals surface area contributed by atoms with E-state index >= 15 is 0 Å². The molecule has 26 heavy (non-hydrogen) atoms. The van der Waals surface area contributed by atoms with Crippen LogP contribution in [0.4, 0.5) is 9.18 Å². The highest BCUT2D eigenvalue weighted by molar-refractivity contribution is 5.94. The molecule has 0 spiro atoms. The summed E-state index contributed by atoms with van der Waals surface area (Å²) in [4.78, 5) is 35.9. The Bertz CT molecular complexity index is 732. The highest BCUT2D eigenvalue weighted by atomic mass is 19.1. The molecule has 0 saturated carbocycles. The summed E-state index contributed by atoms with van der Waals surface area (Å²) in [6, 6.07) is 4.61. The Labute approximate surface area is 150 Å². The quantitative estimate of drug-likeness (QED) is 0.720. The van der Waals surface area contributed by atoms with Crippen LogP contribution in [0.15, 0.2) is 35.5 Å². The summed E-state index contributed by atoms with van der Waals surface area (Å²) in [6.45, 7) is 3.38. The first-order valence-corrected chi connectivity index (χ1v) is 8.32. The monoisotopic (exact) mass is 364 g/mol. The molecule has 2 N–H and O–H groups in total. The molecular weight excluding hydrogens is 343 g/mol. The number of halogens is 1. The van der Waals surface area contributed by atoms with Gasteiger partial charge in [-0.15, -0.1) is 0 Å². The summed E-state index contributed by atoms with van der Waals surface area (Å²) >= 11 is 0. The molecule has 1 heterocycles. The zero-order valence-electron chi connectivity index (χ0n) is 14.6. The molecule has 0 fully saturated rings. The first kappa shape index (κ1) is 19.4. The van der Waals surface area contributed by atoms with Crippen LogP contribution in [0.25, 0.3) is 0 Å². The lowest BCUT2D eigenvalue weighted by atomic mass is 10.0. The fourth-order valence-electron chi connectivity index (χ4n) is 2.59. The minimum Gasteiger partial charge on any atom is -0.463 e. The zero-order valence-corrected chi connectivity index (χ0v) is 14.6. The van der Waals surface area contributed by atoms with Gasteiger partial charge in [0, 0.05) is 0 Å². The molecule has 2 amide bonds. The standard InChI is InChI=1S/C18H21FN2O5/c1-3-13-16(17(23)25-4-2)14(21-18(24)20-13)10-26-15(22)9-11-6-5-7-12(19)8-11/h5-8,13H,3-4,9-10H2,1-2H3,(H2,20,21,24). The SMILES string of the molecule is CCOC(=O)C1=C(COC(=O)Cc2cccc(F)c2)NC(=O)NC1CC. The summed E-state index contributed by atoms with van der Waals surface area (Å²) in [5.74, 6) is -1.63. The number of hydrogen-bond acceptors (Lipinski definition) is 5. The molecule has 7 nitrogen and oxygen atoms in total. The van der Waals surface area contributed by atoms with Crippen molar-refractivity contribution in [2.24, 2.45) is 0 Å². The van der Waals surface area contributed by atoms with Crippen molar-refractivity contribution in [2.45, 2.75) is 32.7 Å². The molecule has 0 aliphatic carbocycles. The lowest BCUT2D eigenvalue weighted by Gasteiger charge is -2.28. The highest BCUT2D eigenvalue weighted by Gasteiger charge is 2.31. The van der Waals surface area contributed by atoms with E-state index in [4.69, 9.17) is 9.47 Å². The van der Waals surface area contributed by atoms with E-state index in [-0.39, 0.29) is 30.9 Å². The van der Waals surface area contributed by atoms with E-state index < -0.39 is 29.8 Å². The topological polar surface area (TPSA) is 93.7 Å². The Kier molecular flexibility index (Phi) is 6.71. The van der Waals surface area contributed by atoms with Crippen molar-refractivity contribution in [3.63, 3.8) is 0 Å². The van der Waals surface area contributed by atoms with Crippen LogP contribution in [0.3, 0.4) is 0 Å². The van der Waals surface area contributed by atoms with Gasteiger partial charge in [0.2, 0.25) is 0 Å². The smallest absolute Gasteiger partial charge is 0.338 e. The van der Waals surface area contributed by atoms with Gasteiger partial charge in [0.05, 0.1) is 30.3 Å². The van der Waals surface area contributed by atoms with Gasteiger partial charge in [-0.3, -0.25) is 4.79 Å². The van der Waals surface area contributed by atoms with Gasteiger partial charge in [-0.2, -0.15) is 0 Å². The van der Waals surface area contributed by atoms with Gasteiger partial charge in [0.15, 0.2) is 0 Å². The van der Waals surface area contributed by atoms with Crippen LogP contribution >= 0.6 is 0 Å². The number of carbonyl (C=O) groups excluding carboxylic acids is 3. The number of urea groups is 1. The molecule has 0 radical (unpaired) electrons. The van der Waals surface area contributed by atoms with Crippen LogP contribution in [0.2, 0.25) is 0 Å². The van der Waals surface area contributed by atoms with Crippen LogP contribution < -0.4 is 10.6 Å². The minimum absolute atomic E-state index is 0.122. The average Bonchev–Trinajstić information content (AvgIpc) is 2.59. The molecule has 0 saturated heterocycles. The number of carbonyl (C=O) groups is 3. The largest absolute Gasteiger partial charge is 0.463 e. The number of amides is 2. The third-order valence-corrected chi connectivity index (χ3v) is 3.76.